The lowest BCUT2D eigenvalue weighted by atomic mass is 9.82. The molecule has 0 spiro atoms. The highest BCUT2D eigenvalue weighted by Gasteiger charge is 2.32. The highest BCUT2D eigenvalue weighted by Crippen LogP contribution is 2.29. The van der Waals surface area contributed by atoms with Gasteiger partial charge in [-0.15, -0.1) is 0 Å². The predicted octanol–water partition coefficient (Wildman–Crippen LogP) is 2.15. The van der Waals surface area contributed by atoms with E-state index in [1.54, 1.807) is 0 Å². The first kappa shape index (κ1) is 12.9. The van der Waals surface area contributed by atoms with E-state index in [4.69, 9.17) is 5.73 Å². The Hall–Kier alpha value is -0.570. The highest BCUT2D eigenvalue weighted by molar-refractivity contribution is 5.79. The molecular formula is C14H26N2O. The molecule has 2 fully saturated rings. The molecule has 0 radical (unpaired) electrons. The van der Waals surface area contributed by atoms with Crippen LogP contribution in [0.2, 0.25) is 0 Å². The van der Waals surface area contributed by atoms with Gasteiger partial charge in [-0.25, -0.2) is 0 Å². The highest BCUT2D eigenvalue weighted by atomic mass is 16.2. The normalized spacial score (nSPS) is 29.8. The Balaban J connectivity index is 1.90. The first-order valence-electron chi connectivity index (χ1n) is 7.26. The molecule has 2 rings (SSSR count). The number of amides is 1. The predicted molar refractivity (Wildman–Crippen MR) is 69.5 cm³/mol. The maximum atomic E-state index is 12.5. The minimum absolute atomic E-state index is 0.101. The molecule has 2 saturated carbocycles. The minimum atomic E-state index is 0.101. The largest absolute Gasteiger partial charge is 0.342 e. The summed E-state index contributed by atoms with van der Waals surface area (Å²) in [5, 5.41) is 0. The van der Waals surface area contributed by atoms with Crippen LogP contribution in [0.4, 0.5) is 0 Å². The zero-order valence-electron chi connectivity index (χ0n) is 11.0. The molecule has 0 aromatic heterocycles. The van der Waals surface area contributed by atoms with Crippen molar-refractivity contribution in [2.24, 2.45) is 17.6 Å². The fraction of sp³-hybridized carbons (Fsp3) is 0.929. The van der Waals surface area contributed by atoms with Crippen LogP contribution in [0.5, 0.6) is 0 Å². The van der Waals surface area contributed by atoms with Crippen LogP contribution in [-0.4, -0.2) is 29.9 Å². The number of nitrogens with zero attached hydrogens (tertiary/aromatic N) is 1. The van der Waals surface area contributed by atoms with Gasteiger partial charge in [0.2, 0.25) is 5.91 Å². The summed E-state index contributed by atoms with van der Waals surface area (Å²) in [5.41, 5.74) is 6.10. The smallest absolute Gasteiger partial charge is 0.227 e. The Morgan fingerprint density at radius 1 is 1.18 bits per heavy atom. The van der Waals surface area contributed by atoms with Crippen LogP contribution in [0.15, 0.2) is 0 Å². The minimum Gasteiger partial charge on any atom is -0.342 e. The Bertz CT molecular complexity index is 263. The molecule has 17 heavy (non-hydrogen) atoms. The molecule has 0 heterocycles. The van der Waals surface area contributed by atoms with Crippen molar-refractivity contribution in [3.05, 3.63) is 0 Å². The van der Waals surface area contributed by atoms with E-state index < -0.39 is 0 Å². The standard InChI is InChI=1S/C14H26N2O/c1-2-16(10-11-6-5-7-11)14(17)12-8-3-4-9-13(12)15/h11-13H,2-10,15H2,1H3. The monoisotopic (exact) mass is 238 g/mol. The van der Waals surface area contributed by atoms with Crippen LogP contribution in [-0.2, 0) is 4.79 Å². The molecule has 2 unspecified atom stereocenters. The topological polar surface area (TPSA) is 46.3 Å². The third-order valence-corrected chi connectivity index (χ3v) is 4.53. The van der Waals surface area contributed by atoms with E-state index in [1.165, 1.54) is 32.1 Å². The van der Waals surface area contributed by atoms with Gasteiger partial charge < -0.3 is 10.6 Å². The lowest BCUT2D eigenvalue weighted by molar-refractivity contribution is -0.138. The molecule has 3 heteroatoms. The van der Waals surface area contributed by atoms with Gasteiger partial charge in [0.05, 0.1) is 5.92 Å². The van der Waals surface area contributed by atoms with Crippen molar-refractivity contribution in [2.45, 2.75) is 57.9 Å². The van der Waals surface area contributed by atoms with Gasteiger partial charge in [0.1, 0.15) is 0 Å². The van der Waals surface area contributed by atoms with Crippen molar-refractivity contribution in [1.82, 2.24) is 4.90 Å². The molecule has 0 aliphatic heterocycles. The van der Waals surface area contributed by atoms with Gasteiger partial charge in [0, 0.05) is 19.1 Å². The number of carbonyl (C=O) groups is 1. The zero-order chi connectivity index (χ0) is 12.3. The fourth-order valence-electron chi connectivity index (χ4n) is 3.06. The summed E-state index contributed by atoms with van der Waals surface area (Å²) in [7, 11) is 0. The summed E-state index contributed by atoms with van der Waals surface area (Å²) in [5.74, 6) is 1.19. The number of rotatable bonds is 4. The second kappa shape index (κ2) is 5.85. The Morgan fingerprint density at radius 2 is 1.88 bits per heavy atom. The van der Waals surface area contributed by atoms with Crippen LogP contribution in [0, 0.1) is 11.8 Å². The van der Waals surface area contributed by atoms with Crippen molar-refractivity contribution in [2.75, 3.05) is 13.1 Å². The van der Waals surface area contributed by atoms with Gasteiger partial charge in [0.25, 0.3) is 0 Å². The molecule has 2 N–H and O–H groups in total. The molecule has 2 aliphatic rings. The van der Waals surface area contributed by atoms with E-state index in [-0.39, 0.29) is 12.0 Å². The molecule has 0 bridgehead atoms. The van der Waals surface area contributed by atoms with E-state index in [9.17, 15) is 4.79 Å². The summed E-state index contributed by atoms with van der Waals surface area (Å²) in [6.45, 7) is 3.90. The van der Waals surface area contributed by atoms with Gasteiger partial charge in [-0.2, -0.15) is 0 Å². The molecule has 0 saturated heterocycles. The van der Waals surface area contributed by atoms with Crippen LogP contribution < -0.4 is 5.73 Å². The zero-order valence-corrected chi connectivity index (χ0v) is 11.0. The quantitative estimate of drug-likeness (QED) is 0.815. The van der Waals surface area contributed by atoms with Gasteiger partial charge >= 0.3 is 0 Å². The van der Waals surface area contributed by atoms with Crippen LogP contribution >= 0.6 is 0 Å². The van der Waals surface area contributed by atoms with E-state index in [2.05, 4.69) is 11.8 Å². The SMILES string of the molecule is CCN(CC1CCC1)C(=O)C1CCCCC1N. The lowest BCUT2D eigenvalue weighted by Crippen LogP contribution is -2.47. The van der Waals surface area contributed by atoms with Crippen LogP contribution in [0.1, 0.15) is 51.9 Å². The van der Waals surface area contributed by atoms with E-state index in [1.807, 2.05) is 0 Å². The van der Waals surface area contributed by atoms with E-state index >= 15 is 0 Å². The fourth-order valence-corrected chi connectivity index (χ4v) is 3.06. The van der Waals surface area contributed by atoms with Crippen LogP contribution in [0.25, 0.3) is 0 Å². The molecule has 2 aliphatic carbocycles. The maximum absolute atomic E-state index is 12.5. The molecule has 2 atom stereocenters. The van der Waals surface area contributed by atoms with Crippen molar-refractivity contribution in [1.29, 1.82) is 0 Å². The first-order chi connectivity index (χ1) is 8.22. The average molecular weight is 238 g/mol. The van der Waals surface area contributed by atoms with E-state index in [0.29, 0.717) is 5.91 Å². The van der Waals surface area contributed by atoms with Crippen molar-refractivity contribution in [3.63, 3.8) is 0 Å². The molecule has 0 aromatic carbocycles. The summed E-state index contributed by atoms with van der Waals surface area (Å²) in [4.78, 5) is 14.5. The third-order valence-electron chi connectivity index (χ3n) is 4.53. The number of carbonyl (C=O) groups excluding carboxylic acids is 1. The summed E-state index contributed by atoms with van der Waals surface area (Å²) in [6, 6.07) is 0.103. The number of hydrogen-bond acceptors (Lipinski definition) is 2. The second-order valence-electron chi connectivity index (χ2n) is 5.73. The van der Waals surface area contributed by atoms with Crippen molar-refractivity contribution in [3.8, 4) is 0 Å². The molecule has 0 aromatic rings. The Morgan fingerprint density at radius 3 is 2.41 bits per heavy atom. The summed E-state index contributed by atoms with van der Waals surface area (Å²) >= 11 is 0. The Kier molecular flexibility index (Phi) is 4.43. The van der Waals surface area contributed by atoms with Gasteiger partial charge in [0.15, 0.2) is 0 Å². The van der Waals surface area contributed by atoms with Crippen molar-refractivity contribution < 1.29 is 4.79 Å². The molecular weight excluding hydrogens is 212 g/mol. The maximum Gasteiger partial charge on any atom is 0.227 e. The first-order valence-corrected chi connectivity index (χ1v) is 7.26. The van der Waals surface area contributed by atoms with Gasteiger partial charge in [-0.1, -0.05) is 19.3 Å². The number of nitrogens with two attached hydrogens (primary N) is 1. The third kappa shape index (κ3) is 3.01. The molecule has 98 valence electrons. The second-order valence-corrected chi connectivity index (χ2v) is 5.73. The Labute approximate surface area is 105 Å². The van der Waals surface area contributed by atoms with Crippen LogP contribution in [0.3, 0.4) is 0 Å². The van der Waals surface area contributed by atoms with Gasteiger partial charge in [-0.05, 0) is 38.5 Å². The molecule has 3 nitrogen and oxygen atoms in total. The summed E-state index contributed by atoms with van der Waals surface area (Å²) < 4.78 is 0. The average Bonchev–Trinajstić information content (AvgIpc) is 2.28. The van der Waals surface area contributed by atoms with Crippen molar-refractivity contribution >= 4 is 5.91 Å². The summed E-state index contributed by atoms with van der Waals surface area (Å²) in [6.07, 6.45) is 8.35. The molecule has 1 amide bonds. The number of hydrogen-bond donors (Lipinski definition) is 1. The van der Waals surface area contributed by atoms with Gasteiger partial charge in [-0.3, -0.25) is 4.79 Å². The lowest BCUT2D eigenvalue weighted by Gasteiger charge is -2.36. The van der Waals surface area contributed by atoms with E-state index in [0.717, 1.165) is 31.8 Å².